The van der Waals surface area contributed by atoms with E-state index < -0.39 is 7.12 Å². The highest BCUT2D eigenvalue weighted by atomic mass is 79.9. The molecule has 1 aromatic carbocycles. The van der Waals surface area contributed by atoms with Crippen LogP contribution >= 0.6 is 40.2 Å². The van der Waals surface area contributed by atoms with Crippen LogP contribution in [0, 0.1) is 0 Å². The van der Waals surface area contributed by atoms with Crippen LogP contribution in [0.5, 0.6) is 0 Å². The van der Waals surface area contributed by atoms with Crippen molar-refractivity contribution in [2.75, 3.05) is 5.75 Å². The quantitative estimate of drug-likeness (QED) is 0.576. The van der Waals surface area contributed by atoms with E-state index in [0.717, 1.165) is 15.5 Å². The third-order valence-corrected chi connectivity index (χ3v) is 5.24. The molecule has 0 bridgehead atoms. The zero-order valence-electron chi connectivity index (χ0n) is 12.6. The molecule has 0 atom stereocenters. The van der Waals surface area contributed by atoms with Crippen LogP contribution in [-0.4, -0.2) is 24.1 Å². The highest BCUT2D eigenvalue weighted by Crippen LogP contribution is 2.39. The van der Waals surface area contributed by atoms with Gasteiger partial charge in [0.2, 0.25) is 0 Å². The molecule has 114 valence electrons. The highest BCUT2D eigenvalue weighted by molar-refractivity contribution is 9.10. The van der Waals surface area contributed by atoms with Crippen LogP contribution in [0.2, 0.25) is 5.02 Å². The van der Waals surface area contributed by atoms with Crippen LogP contribution < -0.4 is 0 Å². The fraction of sp³-hybridized carbons (Fsp3) is 0.467. The van der Waals surface area contributed by atoms with Crippen LogP contribution in [0.25, 0.3) is 6.08 Å². The van der Waals surface area contributed by atoms with Crippen molar-refractivity contribution in [3.8, 4) is 0 Å². The molecule has 0 saturated carbocycles. The summed E-state index contributed by atoms with van der Waals surface area (Å²) in [5, 5.41) is 0.689. The first-order chi connectivity index (χ1) is 9.66. The van der Waals surface area contributed by atoms with E-state index in [9.17, 15) is 0 Å². The maximum absolute atomic E-state index is 6.24. The summed E-state index contributed by atoms with van der Waals surface area (Å²) in [5.74, 6) is 0.541. The molecule has 2 nitrogen and oxygen atoms in total. The predicted molar refractivity (Wildman–Crippen MR) is 97.1 cm³/mol. The Morgan fingerprint density at radius 2 is 1.86 bits per heavy atom. The summed E-state index contributed by atoms with van der Waals surface area (Å²) in [6.45, 7) is 8.15. The lowest BCUT2D eigenvalue weighted by atomic mass is 9.78. The predicted octanol–water partition coefficient (Wildman–Crippen LogP) is 5.05. The topological polar surface area (TPSA) is 18.5 Å². The monoisotopic (exact) mass is 388 g/mol. The van der Waals surface area contributed by atoms with E-state index in [1.54, 1.807) is 0 Å². The average Bonchev–Trinajstić information content (AvgIpc) is 2.59. The molecule has 0 unspecified atom stereocenters. The number of halogens is 2. The normalized spacial score (nSPS) is 20.9. The molecule has 0 N–H and O–H groups in total. The molecule has 0 amide bonds. The van der Waals surface area contributed by atoms with Crippen molar-refractivity contribution in [1.29, 1.82) is 0 Å². The van der Waals surface area contributed by atoms with Gasteiger partial charge < -0.3 is 9.31 Å². The Labute approximate surface area is 145 Å². The molecule has 1 heterocycles. The van der Waals surface area contributed by atoms with E-state index in [4.69, 9.17) is 20.9 Å². The van der Waals surface area contributed by atoms with Crippen LogP contribution in [-0.2, 0) is 9.31 Å². The summed E-state index contributed by atoms with van der Waals surface area (Å²) in [6.07, 6.45) is 1.99. The van der Waals surface area contributed by atoms with Gasteiger partial charge in [0.25, 0.3) is 0 Å². The van der Waals surface area contributed by atoms with Gasteiger partial charge in [0, 0.05) is 15.2 Å². The van der Waals surface area contributed by atoms with Gasteiger partial charge in [-0.3, -0.25) is 0 Å². The molecule has 2 rings (SSSR count). The van der Waals surface area contributed by atoms with Gasteiger partial charge in [-0.1, -0.05) is 33.6 Å². The zero-order valence-corrected chi connectivity index (χ0v) is 15.8. The second kappa shape index (κ2) is 6.28. The van der Waals surface area contributed by atoms with Gasteiger partial charge in [-0.15, -0.1) is 0 Å². The Morgan fingerprint density at radius 1 is 1.29 bits per heavy atom. The fourth-order valence-corrected chi connectivity index (χ4v) is 2.80. The van der Waals surface area contributed by atoms with Gasteiger partial charge in [0.1, 0.15) is 0 Å². The van der Waals surface area contributed by atoms with Crippen molar-refractivity contribution in [2.45, 2.75) is 38.9 Å². The Kier molecular flexibility index (Phi) is 5.21. The second-order valence-corrected chi connectivity index (χ2v) is 7.77. The first-order valence-electron chi connectivity index (χ1n) is 6.78. The molecule has 6 heteroatoms. The Bertz CT molecular complexity index is 559. The summed E-state index contributed by atoms with van der Waals surface area (Å²) in [6, 6.07) is 5.74. The second-order valence-electron chi connectivity index (χ2n) is 6.13. The lowest BCUT2D eigenvalue weighted by molar-refractivity contribution is 0.00578. The van der Waals surface area contributed by atoms with Crippen molar-refractivity contribution in [1.82, 2.24) is 0 Å². The molecule has 1 aliphatic heterocycles. The smallest absolute Gasteiger partial charge is 0.400 e. The average molecular weight is 390 g/mol. The van der Waals surface area contributed by atoms with E-state index in [1.165, 1.54) is 0 Å². The molecular weight excluding hydrogens is 370 g/mol. The number of hydrogen-bond acceptors (Lipinski definition) is 3. The number of rotatable bonds is 3. The van der Waals surface area contributed by atoms with Crippen molar-refractivity contribution >= 4 is 53.4 Å². The van der Waals surface area contributed by atoms with Gasteiger partial charge in [-0.2, -0.15) is 12.6 Å². The van der Waals surface area contributed by atoms with E-state index in [2.05, 4.69) is 28.6 Å². The minimum absolute atomic E-state index is 0.360. The first-order valence-corrected chi connectivity index (χ1v) is 8.58. The van der Waals surface area contributed by atoms with E-state index in [1.807, 2.05) is 52.0 Å². The summed E-state index contributed by atoms with van der Waals surface area (Å²) in [7, 11) is -0.400. The van der Waals surface area contributed by atoms with Crippen LogP contribution in [0.3, 0.4) is 0 Å². The third-order valence-electron chi connectivity index (χ3n) is 4.04. The van der Waals surface area contributed by atoms with Crippen LogP contribution in [0.4, 0.5) is 0 Å². The van der Waals surface area contributed by atoms with E-state index in [-0.39, 0.29) is 11.2 Å². The van der Waals surface area contributed by atoms with Gasteiger partial charge >= 0.3 is 7.12 Å². The number of hydrogen-bond donors (Lipinski definition) is 1. The lowest BCUT2D eigenvalue weighted by Crippen LogP contribution is -2.41. The molecule has 0 spiro atoms. The minimum atomic E-state index is -0.400. The molecule has 1 aromatic rings. The first kappa shape index (κ1) is 17.4. The van der Waals surface area contributed by atoms with Crippen molar-refractivity contribution < 1.29 is 9.31 Å². The molecule has 1 fully saturated rings. The Morgan fingerprint density at radius 3 is 2.38 bits per heavy atom. The summed E-state index contributed by atoms with van der Waals surface area (Å²) in [4.78, 5) is 0. The van der Waals surface area contributed by atoms with Crippen molar-refractivity contribution in [3.05, 3.63) is 38.7 Å². The van der Waals surface area contributed by atoms with Gasteiger partial charge in [0.15, 0.2) is 0 Å². The largest absolute Gasteiger partial charge is 0.491 e. The fourth-order valence-electron chi connectivity index (χ4n) is 2.01. The number of benzene rings is 1. The summed E-state index contributed by atoms with van der Waals surface area (Å²) in [5.41, 5.74) is 1.16. The Balaban J connectivity index is 2.33. The van der Waals surface area contributed by atoms with Gasteiger partial charge in [-0.25, -0.2) is 0 Å². The zero-order chi connectivity index (χ0) is 15.8. The molecule has 21 heavy (non-hydrogen) atoms. The molecule has 1 aliphatic rings. The molecule has 0 aromatic heterocycles. The molecule has 0 radical (unpaired) electrons. The van der Waals surface area contributed by atoms with E-state index in [0.29, 0.717) is 10.8 Å². The van der Waals surface area contributed by atoms with Crippen molar-refractivity contribution in [3.63, 3.8) is 0 Å². The Hall–Kier alpha value is 0.0649. The maximum atomic E-state index is 6.24. The minimum Gasteiger partial charge on any atom is -0.400 e. The van der Waals surface area contributed by atoms with Gasteiger partial charge in [0.05, 0.1) is 11.2 Å². The van der Waals surface area contributed by atoms with Gasteiger partial charge in [-0.05, 0) is 56.9 Å². The van der Waals surface area contributed by atoms with Crippen LogP contribution in [0.1, 0.15) is 33.3 Å². The van der Waals surface area contributed by atoms with Crippen LogP contribution in [0.15, 0.2) is 28.1 Å². The standard InChI is InChI=1S/C15H19BBrClO2S/c1-14(2)15(3,4)20-16(19-14)11(9-21)7-10-8-12(17)5-6-13(10)18/h5-8,21H,9H2,1-4H3. The third kappa shape index (κ3) is 3.70. The molecule has 0 aliphatic carbocycles. The molecule has 1 saturated heterocycles. The highest BCUT2D eigenvalue weighted by Gasteiger charge is 2.52. The summed E-state index contributed by atoms with van der Waals surface area (Å²) < 4.78 is 13.1. The lowest BCUT2D eigenvalue weighted by Gasteiger charge is -2.32. The van der Waals surface area contributed by atoms with E-state index >= 15 is 0 Å². The SMILES string of the molecule is CC1(C)OB(C(=Cc2cc(Br)ccc2Cl)CS)OC1(C)C. The van der Waals surface area contributed by atoms with Crippen molar-refractivity contribution in [2.24, 2.45) is 0 Å². The summed E-state index contributed by atoms with van der Waals surface area (Å²) >= 11 is 14.1. The number of thiol groups is 1. The molecular formula is C15H19BBrClO2S. The maximum Gasteiger partial charge on any atom is 0.491 e.